The van der Waals surface area contributed by atoms with Gasteiger partial charge < -0.3 is 14.4 Å². The molecule has 6 nitrogen and oxygen atoms in total. The molecule has 6 heteroatoms. The lowest BCUT2D eigenvalue weighted by atomic mass is 9.97. The molecule has 0 aliphatic carbocycles. The Morgan fingerprint density at radius 2 is 1.96 bits per heavy atom. The number of carbonyl (C=O) groups is 1. The summed E-state index contributed by atoms with van der Waals surface area (Å²) in [6.45, 7) is 0.751. The Kier molecular flexibility index (Phi) is 3.89. The number of oxazole rings is 1. The molecule has 128 valence electrons. The van der Waals surface area contributed by atoms with Gasteiger partial charge in [0.05, 0.1) is 17.2 Å². The summed E-state index contributed by atoms with van der Waals surface area (Å²) in [5.41, 5.74) is 2.23. The number of carbonyl (C=O) groups excluding carboxylic acids is 1. The highest BCUT2D eigenvalue weighted by atomic mass is 16.4. The Morgan fingerprint density at radius 1 is 1.16 bits per heavy atom. The molecule has 2 heterocycles. The average molecular weight is 338 g/mol. The summed E-state index contributed by atoms with van der Waals surface area (Å²) < 4.78 is 5.11. The number of fused-ring (bicyclic) bond motifs is 1. The van der Waals surface area contributed by atoms with Crippen LogP contribution in [0, 0.1) is 5.92 Å². The van der Waals surface area contributed by atoms with Crippen molar-refractivity contribution in [1.29, 1.82) is 0 Å². The lowest BCUT2D eigenvalue weighted by molar-refractivity contribution is 0.0765. The Hall–Kier alpha value is -2.86. The predicted molar refractivity (Wildman–Crippen MR) is 92.4 cm³/mol. The van der Waals surface area contributed by atoms with Crippen molar-refractivity contribution in [2.24, 2.45) is 5.92 Å². The first-order chi connectivity index (χ1) is 12.1. The molecule has 0 spiro atoms. The molecule has 1 saturated heterocycles. The van der Waals surface area contributed by atoms with Gasteiger partial charge in [-0.1, -0.05) is 36.4 Å². The van der Waals surface area contributed by atoms with Crippen LogP contribution in [0.15, 0.2) is 57.7 Å². The van der Waals surface area contributed by atoms with E-state index in [1.807, 2.05) is 30.3 Å². The molecule has 3 aromatic rings. The van der Waals surface area contributed by atoms with E-state index in [1.54, 1.807) is 23.1 Å². The summed E-state index contributed by atoms with van der Waals surface area (Å²) in [6.07, 6.45) is 0.150. The fourth-order valence-corrected chi connectivity index (χ4v) is 3.45. The van der Waals surface area contributed by atoms with E-state index in [-0.39, 0.29) is 24.0 Å². The van der Waals surface area contributed by atoms with Crippen LogP contribution in [0.4, 0.5) is 0 Å². The van der Waals surface area contributed by atoms with Crippen molar-refractivity contribution in [3.63, 3.8) is 0 Å². The number of aliphatic hydroxyl groups excluding tert-OH is 1. The number of para-hydroxylation sites is 1. The van der Waals surface area contributed by atoms with Gasteiger partial charge in [-0.05, 0) is 24.1 Å². The van der Waals surface area contributed by atoms with Gasteiger partial charge in [-0.3, -0.25) is 9.78 Å². The van der Waals surface area contributed by atoms with Gasteiger partial charge >= 0.3 is 5.76 Å². The van der Waals surface area contributed by atoms with Gasteiger partial charge in [0.25, 0.3) is 5.91 Å². The molecule has 0 saturated carbocycles. The number of H-pyrrole nitrogens is 1. The van der Waals surface area contributed by atoms with Crippen molar-refractivity contribution >= 4 is 17.0 Å². The molecule has 0 radical (unpaired) electrons. The molecule has 2 aromatic carbocycles. The average Bonchev–Trinajstić information content (AvgIpc) is 3.17. The van der Waals surface area contributed by atoms with Crippen LogP contribution in [0.1, 0.15) is 15.9 Å². The molecule has 4 rings (SSSR count). The number of β-amino-alcohol motifs (C(OH)–C–C–N with tert-alkyl or cyclic N) is 1. The number of hydrogen-bond acceptors (Lipinski definition) is 4. The number of amides is 1. The third-order valence-corrected chi connectivity index (χ3v) is 4.71. The molecule has 25 heavy (non-hydrogen) atoms. The summed E-state index contributed by atoms with van der Waals surface area (Å²) in [5, 5.41) is 10.4. The van der Waals surface area contributed by atoms with Crippen LogP contribution in [-0.4, -0.2) is 40.1 Å². The fraction of sp³-hybridized carbons (Fsp3) is 0.263. The number of aliphatic hydroxyl groups is 1. The minimum Gasteiger partial charge on any atom is -0.407 e. The van der Waals surface area contributed by atoms with E-state index in [4.69, 9.17) is 4.42 Å². The molecule has 2 N–H and O–H groups in total. The first kappa shape index (κ1) is 15.7. The van der Waals surface area contributed by atoms with Crippen LogP contribution < -0.4 is 5.76 Å². The van der Waals surface area contributed by atoms with E-state index in [1.165, 1.54) is 0 Å². The Morgan fingerprint density at radius 3 is 2.76 bits per heavy atom. The fourth-order valence-electron chi connectivity index (χ4n) is 3.45. The monoisotopic (exact) mass is 338 g/mol. The van der Waals surface area contributed by atoms with E-state index in [9.17, 15) is 14.7 Å². The zero-order valence-corrected chi connectivity index (χ0v) is 13.5. The standard InChI is InChI=1S/C19H18N2O4/c22-16-11-21(10-13(16)9-12-5-2-1-3-6-12)18(23)14-7-4-8-15-17(14)25-19(24)20-15/h1-8,13,16,22H,9-11H2,(H,20,24)/t13-,16-/m1/s1. The summed E-state index contributed by atoms with van der Waals surface area (Å²) in [4.78, 5) is 28.4. The molecule has 2 atom stereocenters. The lowest BCUT2D eigenvalue weighted by Crippen LogP contribution is -2.29. The highest BCUT2D eigenvalue weighted by Gasteiger charge is 2.35. The van der Waals surface area contributed by atoms with E-state index < -0.39 is 11.9 Å². The number of nitrogens with zero attached hydrogens (tertiary/aromatic N) is 1. The molecular formula is C19H18N2O4. The second-order valence-corrected chi connectivity index (χ2v) is 6.42. The van der Waals surface area contributed by atoms with Crippen LogP contribution in [0.3, 0.4) is 0 Å². The van der Waals surface area contributed by atoms with Crippen molar-refractivity contribution < 1.29 is 14.3 Å². The molecule has 1 aliphatic heterocycles. The first-order valence-corrected chi connectivity index (χ1v) is 8.25. The Balaban J connectivity index is 1.56. The summed E-state index contributed by atoms with van der Waals surface area (Å²) in [5.74, 6) is -0.828. The second-order valence-electron chi connectivity index (χ2n) is 6.42. The number of benzene rings is 2. The number of hydrogen-bond donors (Lipinski definition) is 2. The largest absolute Gasteiger partial charge is 0.417 e. The van der Waals surface area contributed by atoms with Gasteiger partial charge in [0.1, 0.15) is 0 Å². The predicted octanol–water partition coefficient (Wildman–Crippen LogP) is 1.80. The molecule has 1 aromatic heterocycles. The SMILES string of the molecule is O=C(c1cccc2[nH]c(=O)oc12)N1C[C@@H](Cc2ccccc2)[C@H](O)C1. The maximum atomic E-state index is 12.9. The topological polar surface area (TPSA) is 86.5 Å². The van der Waals surface area contributed by atoms with Crippen LogP contribution in [0.2, 0.25) is 0 Å². The molecule has 1 aliphatic rings. The highest BCUT2D eigenvalue weighted by molar-refractivity contribution is 6.04. The van der Waals surface area contributed by atoms with E-state index in [0.717, 1.165) is 12.0 Å². The van der Waals surface area contributed by atoms with E-state index in [2.05, 4.69) is 4.98 Å². The van der Waals surface area contributed by atoms with E-state index >= 15 is 0 Å². The maximum absolute atomic E-state index is 12.9. The van der Waals surface area contributed by atoms with Crippen LogP contribution in [0.5, 0.6) is 0 Å². The van der Waals surface area contributed by atoms with Crippen molar-refractivity contribution in [1.82, 2.24) is 9.88 Å². The van der Waals surface area contributed by atoms with Gasteiger partial charge in [0, 0.05) is 19.0 Å². The minimum absolute atomic E-state index is 0.0104. The van der Waals surface area contributed by atoms with Gasteiger partial charge in [-0.15, -0.1) is 0 Å². The number of nitrogens with one attached hydrogen (secondary N) is 1. The van der Waals surface area contributed by atoms with Gasteiger partial charge in [-0.2, -0.15) is 0 Å². The van der Waals surface area contributed by atoms with Crippen molar-refractivity contribution in [2.45, 2.75) is 12.5 Å². The van der Waals surface area contributed by atoms with Crippen molar-refractivity contribution in [3.8, 4) is 0 Å². The zero-order valence-electron chi connectivity index (χ0n) is 13.5. The van der Waals surface area contributed by atoms with Crippen LogP contribution >= 0.6 is 0 Å². The Bertz CT molecular complexity index is 960. The van der Waals surface area contributed by atoms with Crippen LogP contribution in [0.25, 0.3) is 11.1 Å². The smallest absolute Gasteiger partial charge is 0.407 e. The minimum atomic E-state index is -0.585. The van der Waals surface area contributed by atoms with Crippen LogP contribution in [-0.2, 0) is 6.42 Å². The quantitative estimate of drug-likeness (QED) is 0.762. The van der Waals surface area contributed by atoms with Crippen molar-refractivity contribution in [2.75, 3.05) is 13.1 Å². The highest BCUT2D eigenvalue weighted by Crippen LogP contribution is 2.25. The van der Waals surface area contributed by atoms with Crippen molar-refractivity contribution in [3.05, 3.63) is 70.2 Å². The molecule has 1 fully saturated rings. The normalized spacial score (nSPS) is 20.3. The second kappa shape index (κ2) is 6.22. The summed E-state index contributed by atoms with van der Waals surface area (Å²) in [7, 11) is 0. The number of rotatable bonds is 3. The molecule has 0 bridgehead atoms. The molecular weight excluding hydrogens is 320 g/mol. The summed E-state index contributed by atoms with van der Waals surface area (Å²) >= 11 is 0. The number of aromatic amines is 1. The zero-order chi connectivity index (χ0) is 17.4. The molecule has 0 unspecified atom stereocenters. The third-order valence-electron chi connectivity index (χ3n) is 4.71. The third kappa shape index (κ3) is 2.96. The van der Waals surface area contributed by atoms with E-state index in [0.29, 0.717) is 17.6 Å². The van der Waals surface area contributed by atoms with Gasteiger partial charge in [-0.25, -0.2) is 4.79 Å². The van der Waals surface area contributed by atoms with Gasteiger partial charge in [0.15, 0.2) is 5.58 Å². The Labute approximate surface area is 143 Å². The first-order valence-electron chi connectivity index (χ1n) is 8.25. The number of likely N-dealkylation sites (tertiary alicyclic amines) is 1. The summed E-state index contributed by atoms with van der Waals surface area (Å²) in [6, 6.07) is 15.0. The number of aromatic nitrogens is 1. The lowest BCUT2D eigenvalue weighted by Gasteiger charge is -2.16. The molecule has 1 amide bonds. The maximum Gasteiger partial charge on any atom is 0.417 e. The van der Waals surface area contributed by atoms with Gasteiger partial charge in [0.2, 0.25) is 0 Å².